The van der Waals surface area contributed by atoms with E-state index in [4.69, 9.17) is 4.52 Å². The van der Waals surface area contributed by atoms with Crippen molar-refractivity contribution in [3.8, 4) is 28.6 Å². The Kier molecular flexibility index (Phi) is 2.72. The number of pyridine rings is 1. The average molecular weight is 253 g/mol. The van der Waals surface area contributed by atoms with Gasteiger partial charge in [-0.05, 0) is 36.8 Å². The van der Waals surface area contributed by atoms with Gasteiger partial charge in [-0.1, -0.05) is 11.2 Å². The third kappa shape index (κ3) is 2.18. The fourth-order valence-corrected chi connectivity index (χ4v) is 1.81. The Morgan fingerprint density at radius 3 is 2.89 bits per heavy atom. The van der Waals surface area contributed by atoms with Crippen LogP contribution >= 0.6 is 0 Å². The molecule has 1 aromatic carbocycles. The van der Waals surface area contributed by atoms with E-state index in [9.17, 15) is 5.11 Å². The highest BCUT2D eigenvalue weighted by Gasteiger charge is 2.12. The second-order valence-corrected chi connectivity index (χ2v) is 4.16. The fraction of sp³-hybridized carbons (Fsp3) is 0.0714. The number of benzene rings is 1. The van der Waals surface area contributed by atoms with E-state index < -0.39 is 0 Å². The smallest absolute Gasteiger partial charge is 0.258 e. The summed E-state index contributed by atoms with van der Waals surface area (Å²) in [6.07, 6.45) is 3.44. The van der Waals surface area contributed by atoms with Crippen molar-refractivity contribution < 1.29 is 9.63 Å². The Morgan fingerprint density at radius 2 is 2.11 bits per heavy atom. The number of rotatable bonds is 2. The summed E-state index contributed by atoms with van der Waals surface area (Å²) < 4.78 is 5.22. The highest BCUT2D eigenvalue weighted by Crippen LogP contribution is 2.25. The van der Waals surface area contributed by atoms with Crippen LogP contribution in [0, 0.1) is 6.92 Å². The number of nitrogens with zero attached hydrogens (tertiary/aromatic N) is 3. The number of aromatic nitrogens is 3. The summed E-state index contributed by atoms with van der Waals surface area (Å²) in [6, 6.07) is 8.54. The molecule has 0 saturated heterocycles. The maximum atomic E-state index is 9.44. The third-order valence-electron chi connectivity index (χ3n) is 2.78. The standard InChI is InChI=1S/C14H11N3O2/c1-9-8-15-6-5-12(9)13-16-14(19-17-13)10-3-2-4-11(18)7-10/h2-8,18H,1H3. The number of aromatic hydroxyl groups is 1. The summed E-state index contributed by atoms with van der Waals surface area (Å²) in [7, 11) is 0. The first-order valence-electron chi connectivity index (χ1n) is 5.78. The first kappa shape index (κ1) is 11.4. The lowest BCUT2D eigenvalue weighted by atomic mass is 10.1. The Balaban J connectivity index is 2.03. The lowest BCUT2D eigenvalue weighted by Crippen LogP contribution is -1.86. The van der Waals surface area contributed by atoms with E-state index in [2.05, 4.69) is 15.1 Å². The Morgan fingerprint density at radius 1 is 1.21 bits per heavy atom. The molecule has 1 N–H and O–H groups in total. The van der Waals surface area contributed by atoms with Crippen LogP contribution in [0.25, 0.3) is 22.8 Å². The van der Waals surface area contributed by atoms with Gasteiger partial charge in [0.05, 0.1) is 0 Å². The molecule has 3 rings (SSSR count). The molecule has 0 aliphatic heterocycles. The van der Waals surface area contributed by atoms with Crippen molar-refractivity contribution in [3.63, 3.8) is 0 Å². The van der Waals surface area contributed by atoms with Crippen LogP contribution in [-0.2, 0) is 0 Å². The van der Waals surface area contributed by atoms with E-state index in [-0.39, 0.29) is 5.75 Å². The van der Waals surface area contributed by atoms with E-state index in [1.54, 1.807) is 36.7 Å². The maximum Gasteiger partial charge on any atom is 0.258 e. The van der Waals surface area contributed by atoms with Crippen LogP contribution in [0.1, 0.15) is 5.56 Å². The Bertz CT molecular complexity index is 722. The van der Waals surface area contributed by atoms with E-state index in [0.29, 0.717) is 17.3 Å². The second kappa shape index (κ2) is 4.53. The van der Waals surface area contributed by atoms with Crippen molar-refractivity contribution in [2.24, 2.45) is 0 Å². The predicted molar refractivity (Wildman–Crippen MR) is 69.4 cm³/mol. The quantitative estimate of drug-likeness (QED) is 0.760. The summed E-state index contributed by atoms with van der Waals surface area (Å²) in [4.78, 5) is 8.36. The van der Waals surface area contributed by atoms with Crippen LogP contribution in [-0.4, -0.2) is 20.2 Å². The zero-order valence-corrected chi connectivity index (χ0v) is 10.2. The molecule has 19 heavy (non-hydrogen) atoms. The molecule has 5 heteroatoms. The van der Waals surface area contributed by atoms with Crippen molar-refractivity contribution >= 4 is 0 Å². The van der Waals surface area contributed by atoms with E-state index in [1.165, 1.54) is 0 Å². The summed E-state index contributed by atoms with van der Waals surface area (Å²) in [6.45, 7) is 1.94. The summed E-state index contributed by atoms with van der Waals surface area (Å²) >= 11 is 0. The van der Waals surface area contributed by atoms with Crippen LogP contribution in [0.15, 0.2) is 47.2 Å². The lowest BCUT2D eigenvalue weighted by molar-refractivity contribution is 0.431. The van der Waals surface area contributed by atoms with Crippen LogP contribution in [0.5, 0.6) is 5.75 Å². The van der Waals surface area contributed by atoms with Gasteiger partial charge in [0.1, 0.15) is 5.75 Å². The molecule has 94 valence electrons. The van der Waals surface area contributed by atoms with Gasteiger partial charge in [0.2, 0.25) is 5.82 Å². The molecule has 0 amide bonds. The monoisotopic (exact) mass is 253 g/mol. The zero-order valence-electron chi connectivity index (χ0n) is 10.2. The molecular weight excluding hydrogens is 242 g/mol. The van der Waals surface area contributed by atoms with Gasteiger partial charge in [-0.3, -0.25) is 4.98 Å². The molecule has 0 saturated carbocycles. The van der Waals surface area contributed by atoms with Crippen LogP contribution in [0.2, 0.25) is 0 Å². The fourth-order valence-electron chi connectivity index (χ4n) is 1.81. The molecule has 2 heterocycles. The van der Waals surface area contributed by atoms with Crippen LogP contribution in [0.4, 0.5) is 0 Å². The highest BCUT2D eigenvalue weighted by atomic mass is 16.5. The van der Waals surface area contributed by atoms with Crippen LogP contribution in [0.3, 0.4) is 0 Å². The minimum absolute atomic E-state index is 0.164. The second-order valence-electron chi connectivity index (χ2n) is 4.16. The van der Waals surface area contributed by atoms with Crippen molar-refractivity contribution in [2.75, 3.05) is 0 Å². The van der Waals surface area contributed by atoms with E-state index >= 15 is 0 Å². The minimum Gasteiger partial charge on any atom is -0.508 e. The normalized spacial score (nSPS) is 10.6. The van der Waals surface area contributed by atoms with Gasteiger partial charge in [0.25, 0.3) is 5.89 Å². The van der Waals surface area contributed by atoms with Gasteiger partial charge in [0, 0.05) is 23.5 Å². The number of phenolic OH excluding ortho intramolecular Hbond substituents is 1. The molecule has 0 spiro atoms. The summed E-state index contributed by atoms with van der Waals surface area (Å²) in [5, 5.41) is 13.4. The molecule has 2 aromatic heterocycles. The van der Waals surface area contributed by atoms with Gasteiger partial charge < -0.3 is 9.63 Å². The van der Waals surface area contributed by atoms with Crippen molar-refractivity contribution in [1.29, 1.82) is 0 Å². The van der Waals surface area contributed by atoms with E-state index in [1.807, 2.05) is 13.0 Å². The van der Waals surface area contributed by atoms with Crippen molar-refractivity contribution in [3.05, 3.63) is 48.3 Å². The molecule has 0 fully saturated rings. The largest absolute Gasteiger partial charge is 0.508 e. The molecule has 0 aliphatic rings. The molecule has 3 aromatic rings. The Hall–Kier alpha value is -2.69. The summed E-state index contributed by atoms with van der Waals surface area (Å²) in [5.74, 6) is 1.05. The van der Waals surface area contributed by atoms with Crippen molar-refractivity contribution in [2.45, 2.75) is 6.92 Å². The average Bonchev–Trinajstić information content (AvgIpc) is 2.89. The summed E-state index contributed by atoms with van der Waals surface area (Å²) in [5.41, 5.74) is 2.54. The SMILES string of the molecule is Cc1cnccc1-c1noc(-c2cccc(O)c2)n1. The third-order valence-corrected chi connectivity index (χ3v) is 2.78. The van der Waals surface area contributed by atoms with Gasteiger partial charge >= 0.3 is 0 Å². The van der Waals surface area contributed by atoms with Crippen LogP contribution < -0.4 is 0 Å². The lowest BCUT2D eigenvalue weighted by Gasteiger charge is -1.97. The molecule has 5 nitrogen and oxygen atoms in total. The highest BCUT2D eigenvalue weighted by molar-refractivity contribution is 5.62. The molecule has 0 radical (unpaired) electrons. The molecule has 0 aliphatic carbocycles. The minimum atomic E-state index is 0.164. The maximum absolute atomic E-state index is 9.44. The molecule has 0 bridgehead atoms. The van der Waals surface area contributed by atoms with Crippen molar-refractivity contribution in [1.82, 2.24) is 15.1 Å². The molecular formula is C14H11N3O2. The predicted octanol–water partition coefficient (Wildman–Crippen LogP) is 2.81. The first-order chi connectivity index (χ1) is 9.24. The number of aryl methyl sites for hydroxylation is 1. The van der Waals surface area contributed by atoms with Gasteiger partial charge in [-0.25, -0.2) is 0 Å². The topological polar surface area (TPSA) is 72.0 Å². The molecule has 0 atom stereocenters. The zero-order chi connectivity index (χ0) is 13.2. The van der Waals surface area contributed by atoms with Gasteiger partial charge in [-0.2, -0.15) is 4.98 Å². The number of phenols is 1. The van der Waals surface area contributed by atoms with Gasteiger partial charge in [-0.15, -0.1) is 0 Å². The Labute approximate surface area is 109 Å². The van der Waals surface area contributed by atoms with Gasteiger partial charge in [0.15, 0.2) is 0 Å². The number of hydrogen-bond acceptors (Lipinski definition) is 5. The number of hydrogen-bond donors (Lipinski definition) is 1. The first-order valence-corrected chi connectivity index (χ1v) is 5.78. The van der Waals surface area contributed by atoms with E-state index in [0.717, 1.165) is 11.1 Å². The molecule has 0 unspecified atom stereocenters.